The van der Waals surface area contributed by atoms with E-state index in [0.29, 0.717) is 29.1 Å². The van der Waals surface area contributed by atoms with Gasteiger partial charge in [-0.25, -0.2) is 0 Å². The van der Waals surface area contributed by atoms with E-state index in [9.17, 15) is 19.8 Å². The highest BCUT2D eigenvalue weighted by Gasteiger charge is 2.49. The number of carbonyl (C=O) groups excluding carboxylic acids is 2. The Balaban J connectivity index is 0.000000173. The van der Waals surface area contributed by atoms with Crippen molar-refractivity contribution in [2.75, 3.05) is 7.11 Å². The number of methoxy groups -OCH3 is 1. The molecule has 2 spiro atoms. The van der Waals surface area contributed by atoms with Crippen LogP contribution in [0.4, 0.5) is 0 Å². The van der Waals surface area contributed by atoms with Crippen molar-refractivity contribution in [3.05, 3.63) is 117 Å². The SMILES string of the molecule is C.CC.CC(=O)Oc1cccc2c1C1(CC2)CCc2cccc(OC(C)=O)c21.CO[C@@H]1C[C@H](C)CC[C@H]1C(C)C.Oc1cccc2c1C1(CC2)CCc2cccc(O)c21. The zero-order chi connectivity index (χ0) is 41.8. The Morgan fingerprint density at radius 1 is 0.627 bits per heavy atom. The first-order valence-electron chi connectivity index (χ1n) is 21.7. The van der Waals surface area contributed by atoms with Crippen LogP contribution in [0.3, 0.4) is 0 Å². The summed E-state index contributed by atoms with van der Waals surface area (Å²) in [6, 6.07) is 23.3. The van der Waals surface area contributed by atoms with Crippen LogP contribution in [0.15, 0.2) is 72.8 Å². The van der Waals surface area contributed by atoms with Gasteiger partial charge in [0.05, 0.1) is 6.10 Å². The molecule has 7 heteroatoms. The van der Waals surface area contributed by atoms with Crippen LogP contribution in [0.5, 0.6) is 23.0 Å². The molecule has 4 aromatic carbocycles. The van der Waals surface area contributed by atoms with Gasteiger partial charge in [0.1, 0.15) is 23.0 Å². The average Bonchev–Trinajstić information content (AvgIpc) is 3.98. The lowest BCUT2D eigenvalue weighted by Crippen LogP contribution is -2.33. The lowest BCUT2D eigenvalue weighted by atomic mass is 9.75. The lowest BCUT2D eigenvalue weighted by molar-refractivity contribution is -0.132. The molecule has 0 heterocycles. The summed E-state index contributed by atoms with van der Waals surface area (Å²) in [4.78, 5) is 23.2. The Hall–Kier alpha value is -4.62. The minimum Gasteiger partial charge on any atom is -0.508 e. The molecular formula is C52H68O7. The summed E-state index contributed by atoms with van der Waals surface area (Å²) in [6.45, 7) is 13.8. The molecule has 7 nitrogen and oxygen atoms in total. The number of carbonyl (C=O) groups is 2. The van der Waals surface area contributed by atoms with Gasteiger partial charge in [-0.2, -0.15) is 0 Å². The highest BCUT2D eigenvalue weighted by Crippen LogP contribution is 2.58. The third kappa shape index (κ3) is 8.82. The summed E-state index contributed by atoms with van der Waals surface area (Å²) in [5.74, 6) is 3.83. The van der Waals surface area contributed by atoms with Gasteiger partial charge in [-0.15, -0.1) is 0 Å². The van der Waals surface area contributed by atoms with E-state index in [1.807, 2.05) is 57.4 Å². The van der Waals surface area contributed by atoms with Crippen LogP contribution in [0.1, 0.15) is 145 Å². The van der Waals surface area contributed by atoms with Gasteiger partial charge in [0.15, 0.2) is 0 Å². The number of hydrogen-bond donors (Lipinski definition) is 2. The molecule has 4 aromatic rings. The molecule has 0 radical (unpaired) electrons. The number of benzene rings is 4. The number of phenols is 2. The van der Waals surface area contributed by atoms with Crippen LogP contribution < -0.4 is 9.47 Å². The molecule has 0 aliphatic heterocycles. The fourth-order valence-electron chi connectivity index (χ4n) is 11.1. The Morgan fingerprint density at radius 2 is 1.00 bits per heavy atom. The van der Waals surface area contributed by atoms with E-state index in [2.05, 4.69) is 45.0 Å². The van der Waals surface area contributed by atoms with Crippen molar-refractivity contribution >= 4 is 11.9 Å². The summed E-state index contributed by atoms with van der Waals surface area (Å²) in [7, 11) is 1.86. The molecule has 2 N–H and O–H groups in total. The number of aromatic hydroxyl groups is 2. The Bertz CT molecular complexity index is 1960. The quantitative estimate of drug-likeness (QED) is 0.156. The minimum atomic E-state index is -0.318. The second kappa shape index (κ2) is 19.2. The molecular weight excluding hydrogens is 737 g/mol. The van der Waals surface area contributed by atoms with Crippen molar-refractivity contribution in [1.82, 2.24) is 0 Å². The smallest absolute Gasteiger partial charge is 0.308 e. The molecule has 3 atom stereocenters. The van der Waals surface area contributed by atoms with Crippen molar-refractivity contribution < 1.29 is 34.0 Å². The Morgan fingerprint density at radius 3 is 1.37 bits per heavy atom. The number of aryl methyl sites for hydroxylation is 4. The molecule has 0 bridgehead atoms. The highest BCUT2D eigenvalue weighted by molar-refractivity contribution is 5.74. The van der Waals surface area contributed by atoms with Crippen LogP contribution in [0.2, 0.25) is 0 Å². The van der Waals surface area contributed by atoms with Crippen molar-refractivity contribution in [1.29, 1.82) is 0 Å². The Labute approximate surface area is 353 Å². The first kappa shape index (κ1) is 45.5. The van der Waals surface area contributed by atoms with Gasteiger partial charge in [-0.05, 0) is 128 Å². The molecule has 1 fully saturated rings. The zero-order valence-corrected chi connectivity index (χ0v) is 36.0. The van der Waals surface area contributed by atoms with Crippen molar-refractivity contribution in [2.45, 2.75) is 143 Å². The predicted octanol–water partition coefficient (Wildman–Crippen LogP) is 11.7. The van der Waals surface area contributed by atoms with Crippen molar-refractivity contribution in [2.24, 2.45) is 17.8 Å². The predicted molar refractivity (Wildman–Crippen MR) is 237 cm³/mol. The maximum atomic E-state index is 11.6. The number of phenolic OH excluding ortho intramolecular Hbond substituents is 2. The van der Waals surface area contributed by atoms with Crippen LogP contribution in [-0.4, -0.2) is 35.4 Å². The minimum absolute atomic E-state index is 0. The molecule has 0 saturated heterocycles. The first-order valence-corrected chi connectivity index (χ1v) is 21.7. The zero-order valence-electron chi connectivity index (χ0n) is 36.0. The maximum Gasteiger partial charge on any atom is 0.308 e. The third-order valence-electron chi connectivity index (χ3n) is 13.5. The number of ether oxygens (including phenoxy) is 3. The maximum absolute atomic E-state index is 11.6. The normalized spacial score (nSPS) is 20.6. The van der Waals surface area contributed by atoms with Crippen LogP contribution in [0, 0.1) is 17.8 Å². The van der Waals surface area contributed by atoms with E-state index in [0.717, 1.165) is 91.4 Å². The average molecular weight is 805 g/mol. The number of hydrogen-bond acceptors (Lipinski definition) is 7. The molecule has 0 unspecified atom stereocenters. The van der Waals surface area contributed by atoms with Gasteiger partial charge in [0, 0.05) is 54.0 Å². The summed E-state index contributed by atoms with van der Waals surface area (Å²) < 4.78 is 16.6. The van der Waals surface area contributed by atoms with Crippen LogP contribution in [-0.2, 0) is 50.8 Å². The van der Waals surface area contributed by atoms with E-state index in [1.165, 1.54) is 55.4 Å². The lowest BCUT2D eigenvalue weighted by Gasteiger charge is -2.36. The second-order valence-electron chi connectivity index (χ2n) is 17.2. The second-order valence-corrected chi connectivity index (χ2v) is 17.2. The molecule has 9 rings (SSSR count). The summed E-state index contributed by atoms with van der Waals surface area (Å²) in [6.07, 6.45) is 12.2. The third-order valence-corrected chi connectivity index (χ3v) is 13.5. The topological polar surface area (TPSA) is 102 Å². The molecule has 0 amide bonds. The molecule has 5 aliphatic carbocycles. The first-order chi connectivity index (χ1) is 27.9. The molecule has 318 valence electrons. The van der Waals surface area contributed by atoms with Crippen LogP contribution in [0.25, 0.3) is 0 Å². The van der Waals surface area contributed by atoms with E-state index in [1.54, 1.807) is 12.1 Å². The Kier molecular flexibility index (Phi) is 14.8. The van der Waals surface area contributed by atoms with Gasteiger partial charge in [-0.1, -0.05) is 97.0 Å². The highest BCUT2D eigenvalue weighted by atomic mass is 16.5. The van der Waals surface area contributed by atoms with Gasteiger partial charge >= 0.3 is 11.9 Å². The van der Waals surface area contributed by atoms with Gasteiger partial charge in [-0.3, -0.25) is 9.59 Å². The fraction of sp³-hybridized carbons (Fsp3) is 0.500. The van der Waals surface area contributed by atoms with Crippen molar-refractivity contribution in [3.63, 3.8) is 0 Å². The van der Waals surface area contributed by atoms with E-state index < -0.39 is 0 Å². The molecule has 1 saturated carbocycles. The number of esters is 2. The molecule has 59 heavy (non-hydrogen) atoms. The number of fused-ring (bicyclic) bond motifs is 8. The van der Waals surface area contributed by atoms with Crippen molar-refractivity contribution in [3.8, 4) is 23.0 Å². The summed E-state index contributed by atoms with van der Waals surface area (Å²) in [5, 5.41) is 20.6. The summed E-state index contributed by atoms with van der Waals surface area (Å²) in [5.41, 5.74) is 8.75. The number of rotatable bonds is 4. The summed E-state index contributed by atoms with van der Waals surface area (Å²) >= 11 is 0. The van der Waals surface area contributed by atoms with E-state index in [4.69, 9.17) is 14.2 Å². The molecule has 0 aromatic heterocycles. The fourth-order valence-corrected chi connectivity index (χ4v) is 11.1. The largest absolute Gasteiger partial charge is 0.508 e. The van der Waals surface area contributed by atoms with E-state index in [-0.39, 0.29) is 30.2 Å². The van der Waals surface area contributed by atoms with Gasteiger partial charge in [0.2, 0.25) is 0 Å². The van der Waals surface area contributed by atoms with Gasteiger partial charge < -0.3 is 24.4 Å². The molecule has 5 aliphatic rings. The van der Waals surface area contributed by atoms with Gasteiger partial charge in [0.25, 0.3) is 0 Å². The van der Waals surface area contributed by atoms with E-state index >= 15 is 0 Å². The van der Waals surface area contributed by atoms with Crippen LogP contribution >= 0.6 is 0 Å². The standard InChI is InChI=1S/C21H20O4.C17H16O2.C11H22O.C2H6.CH4/c1-13(22)24-17-7-3-5-15-9-11-21(19(15)17)12-10-16-6-4-8-18(20(16)21)25-14(2)23;18-13-5-1-3-11-7-9-17(15(11)13)10-8-12-4-2-6-14(19)16(12)17;1-8(2)10-6-5-9(3)7-11(10)12-4;1-2;/h3-8H,9-12H2,1-2H3;1-6,18-19H,7-10H2;8-11H,5-7H2,1-4H3;1-2H3;1H4/t;;9-,10+,11-;;/m..1../s1. The monoisotopic (exact) mass is 804 g/mol.